The van der Waals surface area contributed by atoms with Crippen molar-refractivity contribution in [3.8, 4) is 0 Å². The van der Waals surface area contributed by atoms with Crippen LogP contribution >= 0.6 is 0 Å². The van der Waals surface area contributed by atoms with Crippen LogP contribution in [0, 0.1) is 0 Å². The van der Waals surface area contributed by atoms with E-state index in [-0.39, 0.29) is 13.0 Å². The van der Waals surface area contributed by atoms with E-state index in [1.54, 1.807) is 58.0 Å². The first-order valence-corrected chi connectivity index (χ1v) is 8.03. The summed E-state index contributed by atoms with van der Waals surface area (Å²) in [5, 5.41) is 0. The molecule has 1 aromatic rings. The Labute approximate surface area is 147 Å². The Hall–Kier alpha value is -2.15. The van der Waals surface area contributed by atoms with Crippen LogP contribution in [-0.4, -0.2) is 48.8 Å². The average Bonchev–Trinajstić information content (AvgIpc) is 2.51. The van der Waals surface area contributed by atoms with Crippen molar-refractivity contribution >= 4 is 12.1 Å². The predicted molar refractivity (Wildman–Crippen MR) is 90.6 cm³/mol. The van der Waals surface area contributed by atoms with E-state index in [9.17, 15) is 9.59 Å². The number of benzene rings is 1. The van der Waals surface area contributed by atoms with E-state index in [0.717, 1.165) is 0 Å². The Bertz CT molecular complexity index is 573. The largest absolute Gasteiger partial charge is 0.462 e. The van der Waals surface area contributed by atoms with Crippen LogP contribution in [0.5, 0.6) is 0 Å². The van der Waals surface area contributed by atoms with Crippen molar-refractivity contribution in [2.75, 3.05) is 20.4 Å². The molecular formula is C18H26FNO5. The molecule has 1 aromatic carbocycles. The minimum atomic E-state index is -2.75. The summed E-state index contributed by atoms with van der Waals surface area (Å²) in [4.78, 5) is 25.4. The van der Waals surface area contributed by atoms with Gasteiger partial charge in [-0.25, -0.2) is 18.9 Å². The lowest BCUT2D eigenvalue weighted by molar-refractivity contribution is -0.177. The molecule has 1 amide bonds. The Morgan fingerprint density at radius 3 is 2.24 bits per heavy atom. The number of halogens is 1. The van der Waals surface area contributed by atoms with Crippen molar-refractivity contribution in [3.63, 3.8) is 0 Å². The number of ether oxygens (including phenoxy) is 3. The lowest BCUT2D eigenvalue weighted by Gasteiger charge is -2.36. The van der Waals surface area contributed by atoms with Gasteiger partial charge in [-0.2, -0.15) is 0 Å². The van der Waals surface area contributed by atoms with Gasteiger partial charge in [0.2, 0.25) is 0 Å². The van der Waals surface area contributed by atoms with Crippen LogP contribution in [0.1, 0.15) is 33.3 Å². The van der Waals surface area contributed by atoms with E-state index in [0.29, 0.717) is 10.5 Å². The number of carbonyl (C=O) groups excluding carboxylic acids is 2. The molecule has 0 aromatic heterocycles. The summed E-state index contributed by atoms with van der Waals surface area (Å²) in [6.45, 7) is 6.03. The Morgan fingerprint density at radius 2 is 1.76 bits per heavy atom. The second-order valence-corrected chi connectivity index (χ2v) is 6.47. The summed E-state index contributed by atoms with van der Waals surface area (Å²) in [5.74, 6) is -3.92. The summed E-state index contributed by atoms with van der Waals surface area (Å²) >= 11 is 0. The van der Waals surface area contributed by atoms with Crippen LogP contribution in [0.2, 0.25) is 0 Å². The fraction of sp³-hybridized carbons (Fsp3) is 0.556. The van der Waals surface area contributed by atoms with Crippen LogP contribution < -0.4 is 0 Å². The van der Waals surface area contributed by atoms with Crippen molar-refractivity contribution in [1.82, 2.24) is 4.90 Å². The quantitative estimate of drug-likeness (QED) is 0.427. The maximum atomic E-state index is 15.8. The topological polar surface area (TPSA) is 65.1 Å². The molecule has 0 N–H and O–H groups in total. The molecule has 0 heterocycles. The lowest BCUT2D eigenvalue weighted by Crippen LogP contribution is -2.57. The number of hydrogen-bond acceptors (Lipinski definition) is 5. The first kappa shape index (κ1) is 20.9. The third-order valence-corrected chi connectivity index (χ3v) is 3.17. The molecule has 7 heteroatoms. The maximum Gasteiger partial charge on any atom is 0.415 e. The highest BCUT2D eigenvalue weighted by atomic mass is 19.1. The molecule has 1 rings (SSSR count). The number of amides is 1. The van der Waals surface area contributed by atoms with E-state index < -0.39 is 30.2 Å². The first-order valence-electron chi connectivity index (χ1n) is 8.03. The second kappa shape index (κ2) is 8.80. The minimum Gasteiger partial charge on any atom is -0.462 e. The van der Waals surface area contributed by atoms with Crippen molar-refractivity contribution in [2.24, 2.45) is 0 Å². The number of methoxy groups -OCH3 is 1. The standard InChI is InChI=1S/C18H26FNO5/c1-6-24-15(21)18(19,12-14-10-8-7-9-11-14)20(13-23-5)16(22)25-17(2,3)4/h7-11H,6,12-13H2,1-5H3/t18-/m0/s1. The van der Waals surface area contributed by atoms with Gasteiger partial charge in [0.15, 0.2) is 0 Å². The van der Waals surface area contributed by atoms with Crippen molar-refractivity contribution in [3.05, 3.63) is 35.9 Å². The molecule has 6 nitrogen and oxygen atoms in total. The Kier molecular flexibility index (Phi) is 7.36. The SMILES string of the molecule is CCOC(=O)[C@](F)(Cc1ccccc1)N(COC)C(=O)OC(C)(C)C. The molecule has 25 heavy (non-hydrogen) atoms. The minimum absolute atomic E-state index is 0.0194. The number of rotatable bonds is 7. The molecule has 0 radical (unpaired) electrons. The number of carbonyl (C=O) groups is 2. The lowest BCUT2D eigenvalue weighted by atomic mass is 10.0. The van der Waals surface area contributed by atoms with Gasteiger partial charge in [-0.1, -0.05) is 30.3 Å². The van der Waals surface area contributed by atoms with Crippen molar-refractivity contribution in [1.29, 1.82) is 0 Å². The number of esters is 1. The smallest absolute Gasteiger partial charge is 0.415 e. The van der Waals surface area contributed by atoms with Crippen LogP contribution in [0.4, 0.5) is 9.18 Å². The molecule has 0 spiro atoms. The Morgan fingerprint density at radius 1 is 1.16 bits per heavy atom. The van der Waals surface area contributed by atoms with Gasteiger partial charge >= 0.3 is 12.1 Å². The normalized spacial score (nSPS) is 13.7. The van der Waals surface area contributed by atoms with E-state index in [2.05, 4.69) is 0 Å². The number of hydrogen-bond donors (Lipinski definition) is 0. The zero-order valence-corrected chi connectivity index (χ0v) is 15.4. The summed E-state index contributed by atoms with van der Waals surface area (Å²) < 4.78 is 30.8. The first-order chi connectivity index (χ1) is 11.6. The monoisotopic (exact) mass is 355 g/mol. The van der Waals surface area contributed by atoms with Crippen LogP contribution in [0.25, 0.3) is 0 Å². The van der Waals surface area contributed by atoms with Crippen LogP contribution in [-0.2, 0) is 25.4 Å². The molecule has 1 atom stereocenters. The van der Waals surface area contributed by atoms with Gasteiger partial charge in [-0.3, -0.25) is 0 Å². The molecular weight excluding hydrogens is 329 g/mol. The third-order valence-electron chi connectivity index (χ3n) is 3.17. The van der Waals surface area contributed by atoms with E-state index >= 15 is 4.39 Å². The highest BCUT2D eigenvalue weighted by Gasteiger charge is 2.50. The summed E-state index contributed by atoms with van der Waals surface area (Å²) in [6.07, 6.45) is -1.38. The molecule has 0 bridgehead atoms. The summed E-state index contributed by atoms with van der Waals surface area (Å²) in [5.41, 5.74) is -0.325. The van der Waals surface area contributed by atoms with E-state index in [1.807, 2.05) is 0 Å². The van der Waals surface area contributed by atoms with E-state index in [1.165, 1.54) is 7.11 Å². The van der Waals surface area contributed by atoms with Gasteiger partial charge in [-0.05, 0) is 33.3 Å². The zero-order valence-electron chi connectivity index (χ0n) is 15.4. The van der Waals surface area contributed by atoms with E-state index in [4.69, 9.17) is 14.2 Å². The van der Waals surface area contributed by atoms with Crippen LogP contribution in [0.3, 0.4) is 0 Å². The van der Waals surface area contributed by atoms with Gasteiger partial charge in [0.25, 0.3) is 5.79 Å². The van der Waals surface area contributed by atoms with Gasteiger partial charge in [0, 0.05) is 13.5 Å². The molecule has 0 unspecified atom stereocenters. The molecule has 0 saturated carbocycles. The highest BCUT2D eigenvalue weighted by Crippen LogP contribution is 2.27. The molecule has 0 aliphatic carbocycles. The molecule has 140 valence electrons. The number of alkyl halides is 1. The molecule has 0 saturated heterocycles. The highest BCUT2D eigenvalue weighted by molar-refractivity contribution is 5.84. The fourth-order valence-electron chi connectivity index (χ4n) is 2.13. The van der Waals surface area contributed by atoms with Crippen LogP contribution in [0.15, 0.2) is 30.3 Å². The predicted octanol–water partition coefficient (Wildman–Crippen LogP) is 3.30. The Balaban J connectivity index is 3.24. The average molecular weight is 355 g/mol. The molecule has 0 aliphatic rings. The van der Waals surface area contributed by atoms with Gasteiger partial charge in [-0.15, -0.1) is 0 Å². The van der Waals surface area contributed by atoms with Crippen molar-refractivity contribution < 1.29 is 28.2 Å². The zero-order chi connectivity index (χ0) is 19.1. The van der Waals surface area contributed by atoms with Gasteiger partial charge in [0.1, 0.15) is 12.3 Å². The fourth-order valence-corrected chi connectivity index (χ4v) is 2.13. The van der Waals surface area contributed by atoms with Gasteiger partial charge in [0.05, 0.1) is 6.61 Å². The number of nitrogens with zero attached hydrogens (tertiary/aromatic N) is 1. The second-order valence-electron chi connectivity index (χ2n) is 6.47. The summed E-state index contributed by atoms with van der Waals surface area (Å²) in [7, 11) is 1.30. The molecule has 0 aliphatic heterocycles. The van der Waals surface area contributed by atoms with Crippen molar-refractivity contribution in [2.45, 2.75) is 45.5 Å². The summed E-state index contributed by atoms with van der Waals surface area (Å²) in [6, 6.07) is 8.53. The van der Waals surface area contributed by atoms with Gasteiger partial charge < -0.3 is 14.2 Å². The third kappa shape index (κ3) is 6.01. The molecule has 0 fully saturated rings. The maximum absolute atomic E-state index is 15.8.